The molecule has 0 aliphatic rings. The minimum atomic E-state index is -0.187. The standard InChI is InChI=1S/C13H15NO/c1-13(2,3)14-10-9-12(15)11-7-5-4-6-8-11/h4-9H,1-3H3. The van der Waals surface area contributed by atoms with Crippen molar-refractivity contribution in [3.8, 4) is 0 Å². The molecule has 1 rings (SSSR count). The normalized spacial score (nSPS) is 10.3. The van der Waals surface area contributed by atoms with Crippen molar-refractivity contribution < 1.29 is 4.79 Å². The lowest BCUT2D eigenvalue weighted by Gasteiger charge is -2.07. The van der Waals surface area contributed by atoms with Crippen molar-refractivity contribution in [3.05, 3.63) is 42.0 Å². The fourth-order valence-electron chi connectivity index (χ4n) is 0.970. The summed E-state index contributed by atoms with van der Waals surface area (Å²) in [6, 6.07) is 9.10. The molecule has 78 valence electrons. The highest BCUT2D eigenvalue weighted by Gasteiger charge is 2.04. The molecule has 0 heterocycles. The number of aliphatic imine (C=N–C) groups is 1. The first-order valence-electron chi connectivity index (χ1n) is 4.89. The van der Waals surface area contributed by atoms with Gasteiger partial charge in [0.1, 0.15) is 0 Å². The Labute approximate surface area is 90.4 Å². The van der Waals surface area contributed by atoms with Crippen molar-refractivity contribution in [2.45, 2.75) is 26.3 Å². The quantitative estimate of drug-likeness (QED) is 0.411. The number of ketones is 1. The van der Waals surface area contributed by atoms with Gasteiger partial charge in [-0.25, -0.2) is 4.99 Å². The molecule has 0 amide bonds. The summed E-state index contributed by atoms with van der Waals surface area (Å²) in [6.07, 6.45) is 1.38. The van der Waals surface area contributed by atoms with Gasteiger partial charge in [0.25, 0.3) is 0 Å². The Morgan fingerprint density at radius 3 is 2.40 bits per heavy atom. The topological polar surface area (TPSA) is 29.4 Å². The summed E-state index contributed by atoms with van der Waals surface area (Å²) in [6.45, 7) is 5.88. The van der Waals surface area contributed by atoms with Gasteiger partial charge in [0.05, 0.1) is 5.54 Å². The van der Waals surface area contributed by atoms with Crippen LogP contribution in [0.3, 0.4) is 0 Å². The maximum absolute atomic E-state index is 11.6. The monoisotopic (exact) mass is 201 g/mol. The largest absolute Gasteiger partial charge is 0.289 e. The third-order valence-electron chi connectivity index (χ3n) is 1.65. The smallest absolute Gasteiger partial charge is 0.195 e. The van der Waals surface area contributed by atoms with E-state index in [1.54, 1.807) is 12.1 Å². The number of carbonyl (C=O) groups is 1. The molecular weight excluding hydrogens is 186 g/mol. The molecule has 0 aromatic heterocycles. The van der Waals surface area contributed by atoms with Gasteiger partial charge in [-0.2, -0.15) is 0 Å². The molecule has 15 heavy (non-hydrogen) atoms. The van der Waals surface area contributed by atoms with E-state index >= 15 is 0 Å². The van der Waals surface area contributed by atoms with Crippen LogP contribution in [-0.4, -0.2) is 17.2 Å². The Morgan fingerprint density at radius 2 is 1.87 bits per heavy atom. The van der Waals surface area contributed by atoms with Crippen LogP contribution < -0.4 is 0 Å². The SMILES string of the molecule is CC(C)(C)N=C=CC(=O)c1ccccc1. The molecule has 0 saturated heterocycles. The van der Waals surface area contributed by atoms with Gasteiger partial charge in [0, 0.05) is 11.6 Å². The Hall–Kier alpha value is -1.66. The zero-order valence-electron chi connectivity index (χ0n) is 9.32. The molecular formula is C13H15NO. The van der Waals surface area contributed by atoms with Crippen molar-refractivity contribution in [3.63, 3.8) is 0 Å². The molecule has 0 spiro atoms. The first-order valence-corrected chi connectivity index (χ1v) is 4.89. The van der Waals surface area contributed by atoms with Crippen molar-refractivity contribution in [2.24, 2.45) is 4.99 Å². The van der Waals surface area contributed by atoms with Crippen LogP contribution in [0.4, 0.5) is 0 Å². The van der Waals surface area contributed by atoms with E-state index < -0.39 is 0 Å². The van der Waals surface area contributed by atoms with Gasteiger partial charge in [-0.1, -0.05) is 30.3 Å². The zero-order chi connectivity index (χ0) is 11.3. The summed E-state index contributed by atoms with van der Waals surface area (Å²) in [5, 5.41) is 0. The lowest BCUT2D eigenvalue weighted by Crippen LogP contribution is -2.08. The van der Waals surface area contributed by atoms with E-state index in [1.807, 2.05) is 39.0 Å². The van der Waals surface area contributed by atoms with E-state index in [4.69, 9.17) is 0 Å². The molecule has 1 aromatic carbocycles. The predicted molar refractivity (Wildman–Crippen MR) is 62.5 cm³/mol. The number of hydrogen-bond donors (Lipinski definition) is 0. The van der Waals surface area contributed by atoms with E-state index in [1.165, 1.54) is 6.08 Å². The molecule has 0 aliphatic heterocycles. The number of rotatable bonds is 2. The van der Waals surface area contributed by atoms with Crippen LogP contribution in [0.5, 0.6) is 0 Å². The average Bonchev–Trinajstić information content (AvgIpc) is 2.17. The van der Waals surface area contributed by atoms with Gasteiger partial charge in [-0.15, -0.1) is 0 Å². The van der Waals surface area contributed by atoms with Crippen molar-refractivity contribution in [1.29, 1.82) is 0 Å². The number of benzene rings is 1. The van der Waals surface area contributed by atoms with Crippen LogP contribution in [0.2, 0.25) is 0 Å². The fraction of sp³-hybridized carbons (Fsp3) is 0.308. The third kappa shape index (κ3) is 4.39. The number of allylic oxidation sites excluding steroid dienone is 1. The van der Waals surface area contributed by atoms with Crippen LogP contribution in [0, 0.1) is 0 Å². The van der Waals surface area contributed by atoms with E-state index in [-0.39, 0.29) is 11.3 Å². The summed E-state index contributed by atoms with van der Waals surface area (Å²) >= 11 is 0. The number of hydrogen-bond acceptors (Lipinski definition) is 2. The molecule has 0 unspecified atom stereocenters. The molecule has 0 saturated carbocycles. The van der Waals surface area contributed by atoms with Gasteiger partial charge < -0.3 is 0 Å². The van der Waals surface area contributed by atoms with E-state index in [0.717, 1.165) is 0 Å². The van der Waals surface area contributed by atoms with Gasteiger partial charge in [-0.3, -0.25) is 4.79 Å². The van der Waals surface area contributed by atoms with E-state index in [9.17, 15) is 4.79 Å². The molecule has 0 N–H and O–H groups in total. The van der Waals surface area contributed by atoms with Gasteiger partial charge in [0.2, 0.25) is 0 Å². The fourth-order valence-corrected chi connectivity index (χ4v) is 0.970. The van der Waals surface area contributed by atoms with Gasteiger partial charge in [0.15, 0.2) is 5.78 Å². The lowest BCUT2D eigenvalue weighted by atomic mass is 10.1. The molecule has 0 bridgehead atoms. The van der Waals surface area contributed by atoms with Crippen LogP contribution in [0.25, 0.3) is 0 Å². The summed E-state index contributed by atoms with van der Waals surface area (Å²) in [7, 11) is 0. The first-order chi connectivity index (χ1) is 6.99. The molecule has 2 heteroatoms. The molecule has 0 atom stereocenters. The predicted octanol–water partition coefficient (Wildman–Crippen LogP) is 2.89. The molecule has 0 fully saturated rings. The minimum Gasteiger partial charge on any atom is -0.289 e. The van der Waals surface area contributed by atoms with E-state index in [0.29, 0.717) is 5.56 Å². The van der Waals surface area contributed by atoms with Crippen LogP contribution in [-0.2, 0) is 0 Å². The second-order valence-electron chi connectivity index (χ2n) is 4.29. The van der Waals surface area contributed by atoms with Gasteiger partial charge in [-0.05, 0) is 26.6 Å². The summed E-state index contributed by atoms with van der Waals surface area (Å²) < 4.78 is 0. The Kier molecular flexibility index (Phi) is 3.59. The van der Waals surface area contributed by atoms with Crippen molar-refractivity contribution in [2.75, 3.05) is 0 Å². The maximum atomic E-state index is 11.6. The molecule has 1 aromatic rings. The Balaban J connectivity index is 2.77. The minimum absolute atomic E-state index is 0.0661. The van der Waals surface area contributed by atoms with Gasteiger partial charge >= 0.3 is 0 Å². The highest BCUT2D eigenvalue weighted by atomic mass is 16.1. The van der Waals surface area contributed by atoms with Crippen LogP contribution >= 0.6 is 0 Å². The first kappa shape index (κ1) is 11.4. The molecule has 0 radical (unpaired) electrons. The van der Waals surface area contributed by atoms with Crippen molar-refractivity contribution in [1.82, 2.24) is 0 Å². The van der Waals surface area contributed by atoms with Crippen molar-refractivity contribution >= 4 is 11.7 Å². The molecule has 2 nitrogen and oxygen atoms in total. The van der Waals surface area contributed by atoms with Crippen LogP contribution in [0.15, 0.2) is 41.4 Å². The Bertz CT molecular complexity index is 392. The summed E-state index contributed by atoms with van der Waals surface area (Å²) in [4.78, 5) is 15.6. The second-order valence-corrected chi connectivity index (χ2v) is 4.29. The van der Waals surface area contributed by atoms with Crippen LogP contribution in [0.1, 0.15) is 31.1 Å². The lowest BCUT2D eigenvalue weighted by molar-refractivity contribution is 0.104. The third-order valence-corrected chi connectivity index (χ3v) is 1.65. The highest BCUT2D eigenvalue weighted by Crippen LogP contribution is 2.04. The summed E-state index contributed by atoms with van der Waals surface area (Å²) in [5.41, 5.74) is 0.474. The zero-order valence-corrected chi connectivity index (χ0v) is 9.32. The second kappa shape index (κ2) is 4.72. The average molecular weight is 201 g/mol. The maximum Gasteiger partial charge on any atom is 0.195 e. The summed E-state index contributed by atoms with van der Waals surface area (Å²) in [5.74, 6) is 2.61. The molecule has 0 aliphatic carbocycles. The van der Waals surface area contributed by atoms with E-state index in [2.05, 4.69) is 10.9 Å². The number of nitrogens with zero attached hydrogens (tertiary/aromatic N) is 1. The number of carbonyl (C=O) groups excluding carboxylic acids is 1. The Morgan fingerprint density at radius 1 is 1.27 bits per heavy atom. The highest BCUT2D eigenvalue weighted by molar-refractivity contribution is 6.08.